The number of hydrogen-bond donors (Lipinski definition) is 3. The number of nitrogens with one attached hydrogen (secondary N) is 1. The zero-order valence-corrected chi connectivity index (χ0v) is 9.90. The van der Waals surface area contributed by atoms with Crippen LogP contribution in [0.1, 0.15) is 10.4 Å². The molecule has 5 nitrogen and oxygen atoms in total. The Morgan fingerprint density at radius 1 is 1.61 bits per heavy atom. The lowest BCUT2D eigenvalue weighted by Crippen LogP contribution is -2.56. The van der Waals surface area contributed by atoms with Crippen molar-refractivity contribution >= 4 is 5.91 Å². The number of halogens is 1. The number of aromatic hydroxyl groups is 1. The fourth-order valence-electron chi connectivity index (χ4n) is 2.07. The molecular weight excluding hydrogens is 237 g/mol. The first kappa shape index (κ1) is 12.8. The van der Waals surface area contributed by atoms with Gasteiger partial charge >= 0.3 is 0 Å². The van der Waals surface area contributed by atoms with Crippen molar-refractivity contribution in [1.82, 2.24) is 10.2 Å². The van der Waals surface area contributed by atoms with Crippen LogP contribution >= 0.6 is 0 Å². The number of carbonyl (C=O) groups is 1. The molecule has 1 aliphatic heterocycles. The van der Waals surface area contributed by atoms with Crippen molar-refractivity contribution in [3.8, 4) is 5.75 Å². The van der Waals surface area contributed by atoms with Crippen molar-refractivity contribution in [1.29, 1.82) is 0 Å². The Morgan fingerprint density at radius 2 is 2.39 bits per heavy atom. The van der Waals surface area contributed by atoms with Crippen molar-refractivity contribution in [3.05, 3.63) is 29.6 Å². The highest BCUT2D eigenvalue weighted by atomic mass is 19.1. The van der Waals surface area contributed by atoms with Crippen LogP contribution in [0.25, 0.3) is 0 Å². The second-order valence-electron chi connectivity index (χ2n) is 4.25. The maximum absolute atomic E-state index is 13.1. The van der Waals surface area contributed by atoms with Crippen LogP contribution in [-0.2, 0) is 0 Å². The zero-order chi connectivity index (χ0) is 13.1. The van der Waals surface area contributed by atoms with Crippen molar-refractivity contribution in [2.24, 2.45) is 5.73 Å². The van der Waals surface area contributed by atoms with Gasteiger partial charge in [-0.3, -0.25) is 4.79 Å². The number of nitrogens with zero attached hydrogens (tertiary/aromatic N) is 1. The Morgan fingerprint density at radius 3 is 3.11 bits per heavy atom. The minimum atomic E-state index is -0.546. The Balaban J connectivity index is 2.26. The van der Waals surface area contributed by atoms with Gasteiger partial charge in [-0.2, -0.15) is 0 Å². The van der Waals surface area contributed by atoms with Crippen LogP contribution in [0.2, 0.25) is 0 Å². The summed E-state index contributed by atoms with van der Waals surface area (Å²) in [4.78, 5) is 13.8. The molecule has 1 atom stereocenters. The SMILES string of the molecule is NCC1CNCCN1C(=O)c1cc(F)ccc1O. The predicted octanol–water partition coefficient (Wildman–Crippen LogP) is -0.0960. The molecule has 1 fully saturated rings. The molecule has 1 aliphatic rings. The molecule has 1 amide bonds. The summed E-state index contributed by atoms with van der Waals surface area (Å²) < 4.78 is 13.1. The lowest BCUT2D eigenvalue weighted by molar-refractivity contribution is 0.0641. The van der Waals surface area contributed by atoms with Crippen LogP contribution in [0.15, 0.2) is 18.2 Å². The highest BCUT2D eigenvalue weighted by Gasteiger charge is 2.27. The third-order valence-corrected chi connectivity index (χ3v) is 3.07. The van der Waals surface area contributed by atoms with E-state index in [0.717, 1.165) is 12.1 Å². The predicted molar refractivity (Wildman–Crippen MR) is 64.8 cm³/mol. The van der Waals surface area contributed by atoms with Gasteiger partial charge in [0.2, 0.25) is 0 Å². The molecule has 6 heteroatoms. The number of amides is 1. The van der Waals surface area contributed by atoms with Gasteiger partial charge in [0.1, 0.15) is 11.6 Å². The molecule has 0 aromatic heterocycles. The van der Waals surface area contributed by atoms with E-state index < -0.39 is 5.82 Å². The number of carbonyl (C=O) groups excluding carboxylic acids is 1. The molecule has 1 aromatic rings. The molecule has 4 N–H and O–H groups in total. The Bertz CT molecular complexity index is 453. The Hall–Kier alpha value is -1.66. The first-order chi connectivity index (χ1) is 8.63. The number of piperazine rings is 1. The summed E-state index contributed by atoms with van der Waals surface area (Å²) in [6.07, 6.45) is 0. The van der Waals surface area contributed by atoms with Crippen LogP contribution in [0.3, 0.4) is 0 Å². The van der Waals surface area contributed by atoms with Crippen LogP contribution in [-0.4, -0.2) is 48.1 Å². The molecule has 98 valence electrons. The van der Waals surface area contributed by atoms with Gasteiger partial charge in [-0.05, 0) is 18.2 Å². The molecule has 0 bridgehead atoms. The normalized spacial score (nSPS) is 19.9. The highest BCUT2D eigenvalue weighted by molar-refractivity contribution is 5.97. The average molecular weight is 253 g/mol. The maximum atomic E-state index is 13.1. The van der Waals surface area contributed by atoms with Gasteiger partial charge in [0.05, 0.1) is 11.6 Å². The molecule has 2 rings (SSSR count). The monoisotopic (exact) mass is 253 g/mol. The first-order valence-corrected chi connectivity index (χ1v) is 5.83. The second kappa shape index (κ2) is 5.32. The lowest BCUT2D eigenvalue weighted by atomic mass is 10.1. The molecule has 0 aliphatic carbocycles. The Labute approximate surface area is 104 Å². The summed E-state index contributed by atoms with van der Waals surface area (Å²) >= 11 is 0. The van der Waals surface area contributed by atoms with E-state index in [9.17, 15) is 14.3 Å². The number of phenols is 1. The smallest absolute Gasteiger partial charge is 0.258 e. The van der Waals surface area contributed by atoms with Gasteiger partial charge in [0.25, 0.3) is 5.91 Å². The zero-order valence-electron chi connectivity index (χ0n) is 9.90. The van der Waals surface area contributed by atoms with Crippen LogP contribution < -0.4 is 11.1 Å². The largest absolute Gasteiger partial charge is 0.507 e. The van der Waals surface area contributed by atoms with E-state index >= 15 is 0 Å². The number of nitrogens with two attached hydrogens (primary N) is 1. The second-order valence-corrected chi connectivity index (χ2v) is 4.25. The number of hydrogen-bond acceptors (Lipinski definition) is 4. The first-order valence-electron chi connectivity index (χ1n) is 5.83. The van der Waals surface area contributed by atoms with E-state index in [0.29, 0.717) is 26.2 Å². The number of benzene rings is 1. The molecule has 0 saturated carbocycles. The average Bonchev–Trinajstić information content (AvgIpc) is 2.40. The molecule has 1 aromatic carbocycles. The van der Waals surface area contributed by atoms with Gasteiger partial charge in [-0.25, -0.2) is 4.39 Å². The van der Waals surface area contributed by atoms with Crippen molar-refractivity contribution in [3.63, 3.8) is 0 Å². The fraction of sp³-hybridized carbons (Fsp3) is 0.417. The van der Waals surface area contributed by atoms with E-state index in [4.69, 9.17) is 5.73 Å². The minimum absolute atomic E-state index is 0.0182. The van der Waals surface area contributed by atoms with Crippen molar-refractivity contribution in [2.75, 3.05) is 26.2 Å². The quantitative estimate of drug-likeness (QED) is 0.688. The standard InChI is InChI=1S/C12H16FN3O2/c13-8-1-2-11(17)10(5-8)12(18)16-4-3-15-7-9(16)6-14/h1-2,5,9,15,17H,3-4,6-7,14H2. The molecule has 0 radical (unpaired) electrons. The summed E-state index contributed by atoms with van der Waals surface area (Å²) in [5, 5.41) is 12.8. The van der Waals surface area contributed by atoms with Gasteiger partial charge in [-0.1, -0.05) is 0 Å². The summed E-state index contributed by atoms with van der Waals surface area (Å²) in [6, 6.07) is 3.22. The van der Waals surface area contributed by atoms with Crippen molar-refractivity contribution < 1.29 is 14.3 Å². The summed E-state index contributed by atoms with van der Waals surface area (Å²) in [5.41, 5.74) is 5.59. The van der Waals surface area contributed by atoms with Gasteiger partial charge in [-0.15, -0.1) is 0 Å². The summed E-state index contributed by atoms with van der Waals surface area (Å²) in [6.45, 7) is 2.10. The highest BCUT2D eigenvalue weighted by Crippen LogP contribution is 2.21. The lowest BCUT2D eigenvalue weighted by Gasteiger charge is -2.35. The third-order valence-electron chi connectivity index (χ3n) is 3.07. The van der Waals surface area contributed by atoms with Crippen molar-refractivity contribution in [2.45, 2.75) is 6.04 Å². The third kappa shape index (κ3) is 2.44. The van der Waals surface area contributed by atoms with Crippen LogP contribution in [0.5, 0.6) is 5.75 Å². The molecule has 1 unspecified atom stereocenters. The van der Waals surface area contributed by atoms with Crippen LogP contribution in [0.4, 0.5) is 4.39 Å². The number of rotatable bonds is 2. The molecule has 18 heavy (non-hydrogen) atoms. The van der Waals surface area contributed by atoms with Gasteiger partial charge < -0.3 is 21.1 Å². The van der Waals surface area contributed by atoms with E-state index in [1.165, 1.54) is 6.07 Å². The summed E-state index contributed by atoms with van der Waals surface area (Å²) in [5.74, 6) is -1.14. The fourth-order valence-corrected chi connectivity index (χ4v) is 2.07. The van der Waals surface area contributed by atoms with E-state index in [1.54, 1.807) is 4.90 Å². The Kier molecular flexibility index (Phi) is 3.78. The molecule has 1 heterocycles. The maximum Gasteiger partial charge on any atom is 0.258 e. The van der Waals surface area contributed by atoms with Gasteiger partial charge in [0.15, 0.2) is 0 Å². The topological polar surface area (TPSA) is 78.6 Å². The van der Waals surface area contributed by atoms with Crippen LogP contribution in [0, 0.1) is 5.82 Å². The molecular formula is C12H16FN3O2. The van der Waals surface area contributed by atoms with Gasteiger partial charge in [0, 0.05) is 26.2 Å². The molecule has 1 saturated heterocycles. The van der Waals surface area contributed by atoms with E-state index in [-0.39, 0.29) is 23.3 Å². The van der Waals surface area contributed by atoms with E-state index in [1.807, 2.05) is 0 Å². The van der Waals surface area contributed by atoms with E-state index in [2.05, 4.69) is 5.32 Å². The number of phenolic OH excluding ortho intramolecular Hbond substituents is 1. The summed E-state index contributed by atoms with van der Waals surface area (Å²) in [7, 11) is 0. The molecule has 0 spiro atoms. The minimum Gasteiger partial charge on any atom is -0.507 e.